The van der Waals surface area contributed by atoms with Gasteiger partial charge in [0.1, 0.15) is 11.5 Å². The fourth-order valence-electron chi connectivity index (χ4n) is 5.24. The average molecular weight is 521 g/mol. The molecule has 2 atom stereocenters. The van der Waals surface area contributed by atoms with Gasteiger partial charge in [0.05, 0.1) is 31.8 Å². The van der Waals surface area contributed by atoms with Gasteiger partial charge in [-0.05, 0) is 92.1 Å². The van der Waals surface area contributed by atoms with Gasteiger partial charge < -0.3 is 14.6 Å². The van der Waals surface area contributed by atoms with E-state index in [-0.39, 0.29) is 12.3 Å². The van der Waals surface area contributed by atoms with Crippen molar-refractivity contribution in [2.45, 2.75) is 32.1 Å². The number of aliphatic carboxylic acids is 1. The van der Waals surface area contributed by atoms with E-state index in [2.05, 4.69) is 27.8 Å². The van der Waals surface area contributed by atoms with E-state index in [1.54, 1.807) is 26.4 Å². The Hall–Kier alpha value is -3.27. The van der Waals surface area contributed by atoms with Crippen LogP contribution in [0.3, 0.4) is 0 Å². The zero-order chi connectivity index (χ0) is 26.2. The van der Waals surface area contributed by atoms with Crippen LogP contribution in [0.4, 0.5) is 0 Å². The number of hydrogen-bond acceptors (Lipinski definition) is 5. The molecule has 194 valence electrons. The summed E-state index contributed by atoms with van der Waals surface area (Å²) in [5, 5.41) is 11.3. The van der Waals surface area contributed by atoms with E-state index < -0.39 is 5.97 Å². The second-order valence-corrected chi connectivity index (χ2v) is 9.97. The van der Waals surface area contributed by atoms with Crippen LogP contribution in [0, 0.1) is 23.7 Å². The van der Waals surface area contributed by atoms with Gasteiger partial charge in [-0.3, -0.25) is 14.7 Å². The van der Waals surface area contributed by atoms with Crippen molar-refractivity contribution < 1.29 is 19.4 Å². The molecule has 1 aliphatic heterocycles. The van der Waals surface area contributed by atoms with Crippen molar-refractivity contribution in [3.05, 3.63) is 64.8 Å². The number of carbonyl (C=O) groups is 1. The summed E-state index contributed by atoms with van der Waals surface area (Å²) >= 11 is 6.11. The van der Waals surface area contributed by atoms with Gasteiger partial charge >= 0.3 is 5.97 Å². The number of rotatable bonds is 9. The lowest BCUT2D eigenvalue weighted by Gasteiger charge is -2.37. The van der Waals surface area contributed by atoms with Crippen molar-refractivity contribution >= 4 is 28.5 Å². The summed E-state index contributed by atoms with van der Waals surface area (Å²) in [5.74, 6) is 7.67. The highest BCUT2D eigenvalue weighted by Crippen LogP contribution is 2.31. The van der Waals surface area contributed by atoms with Crippen molar-refractivity contribution in [2.75, 3.05) is 33.9 Å². The number of carboxylic acids is 1. The Balaban J connectivity index is 1.36. The predicted octanol–water partition coefficient (Wildman–Crippen LogP) is 5.69. The van der Waals surface area contributed by atoms with Crippen LogP contribution in [-0.4, -0.2) is 54.8 Å². The lowest BCUT2D eigenvalue weighted by atomic mass is 9.80. The van der Waals surface area contributed by atoms with E-state index in [0.717, 1.165) is 61.0 Å². The van der Waals surface area contributed by atoms with Crippen LogP contribution in [0.5, 0.6) is 11.5 Å². The Labute approximate surface area is 223 Å². The molecule has 3 aromatic rings. The fourth-order valence-corrected chi connectivity index (χ4v) is 5.41. The Morgan fingerprint density at radius 3 is 2.81 bits per heavy atom. The first-order valence-corrected chi connectivity index (χ1v) is 13.0. The molecule has 0 aliphatic carbocycles. The van der Waals surface area contributed by atoms with Crippen molar-refractivity contribution in [1.82, 2.24) is 9.88 Å². The van der Waals surface area contributed by atoms with Gasteiger partial charge in [-0.25, -0.2) is 0 Å². The largest absolute Gasteiger partial charge is 0.497 e. The molecule has 1 fully saturated rings. The van der Waals surface area contributed by atoms with E-state index >= 15 is 0 Å². The molecule has 1 N–H and O–H groups in total. The van der Waals surface area contributed by atoms with Gasteiger partial charge in [-0.2, -0.15) is 0 Å². The third-order valence-electron chi connectivity index (χ3n) is 7.16. The summed E-state index contributed by atoms with van der Waals surface area (Å²) in [4.78, 5) is 18.4. The summed E-state index contributed by atoms with van der Waals surface area (Å²) in [6.07, 6.45) is 5.96. The number of piperidine rings is 1. The zero-order valence-corrected chi connectivity index (χ0v) is 22.1. The van der Waals surface area contributed by atoms with Crippen LogP contribution >= 0.6 is 11.6 Å². The van der Waals surface area contributed by atoms with Crippen molar-refractivity contribution in [2.24, 2.45) is 11.8 Å². The fraction of sp³-hybridized carbons (Fsp3) is 0.400. The maximum Gasteiger partial charge on any atom is 0.303 e. The minimum Gasteiger partial charge on any atom is -0.497 e. The summed E-state index contributed by atoms with van der Waals surface area (Å²) in [6.45, 7) is 2.24. The number of nitrogens with zero attached hydrogens (tertiary/aromatic N) is 2. The third-order valence-corrected chi connectivity index (χ3v) is 7.39. The highest BCUT2D eigenvalue weighted by Gasteiger charge is 2.30. The molecule has 2 heterocycles. The van der Waals surface area contributed by atoms with Gasteiger partial charge in [0.2, 0.25) is 0 Å². The first-order chi connectivity index (χ1) is 18.0. The molecule has 1 aromatic heterocycles. The highest BCUT2D eigenvalue weighted by molar-refractivity contribution is 6.30. The summed E-state index contributed by atoms with van der Waals surface area (Å²) in [7, 11) is 3.29. The number of ether oxygens (including phenoxy) is 2. The number of hydrogen-bond donors (Lipinski definition) is 1. The van der Waals surface area contributed by atoms with E-state index in [0.29, 0.717) is 23.2 Å². The molecule has 0 saturated carbocycles. The first-order valence-electron chi connectivity index (χ1n) is 12.6. The summed E-state index contributed by atoms with van der Waals surface area (Å²) in [5.41, 5.74) is 2.97. The SMILES string of the molecule is COc1ccc2nccc(CCC[C@@H]3CCN(CC#Cc4cc(Cl)ccc4OC)C[C@@H]3CC(=O)O)c2c1. The maximum absolute atomic E-state index is 11.6. The Morgan fingerprint density at radius 2 is 2.03 bits per heavy atom. The average Bonchev–Trinajstić information content (AvgIpc) is 2.89. The summed E-state index contributed by atoms with van der Waals surface area (Å²) in [6, 6.07) is 13.4. The molecular formula is C30H33ClN2O4. The smallest absolute Gasteiger partial charge is 0.303 e. The molecule has 0 amide bonds. The number of aryl methyl sites for hydroxylation is 1. The molecule has 0 spiro atoms. The number of fused-ring (bicyclic) bond motifs is 1. The standard InChI is InChI=1S/C30H33ClN2O4/c1-36-26-9-10-28-27(19-26)22(12-14-32-28)6-3-5-21-13-16-33(20-24(21)18-30(34)35)15-4-7-23-17-25(31)8-11-29(23)37-2/h8-12,14,17,19,21,24H,3,5-6,13,15-16,18,20H2,1-2H3,(H,34,35)/t21-,24+/m1/s1. The van der Waals surface area contributed by atoms with Gasteiger partial charge in [0.15, 0.2) is 0 Å². The summed E-state index contributed by atoms with van der Waals surface area (Å²) < 4.78 is 10.8. The topological polar surface area (TPSA) is 71.9 Å². The number of benzene rings is 2. The molecule has 2 aromatic carbocycles. The zero-order valence-electron chi connectivity index (χ0n) is 21.4. The van der Waals surface area contributed by atoms with Gasteiger partial charge in [-0.15, -0.1) is 0 Å². The number of carboxylic acid groups (broad SMARTS) is 1. The van der Waals surface area contributed by atoms with E-state index in [1.807, 2.05) is 30.5 Å². The molecular weight excluding hydrogens is 488 g/mol. The lowest BCUT2D eigenvalue weighted by Crippen LogP contribution is -2.41. The van der Waals surface area contributed by atoms with E-state index in [9.17, 15) is 9.90 Å². The Morgan fingerprint density at radius 1 is 1.16 bits per heavy atom. The molecule has 4 rings (SSSR count). The second kappa shape index (κ2) is 12.8. The Bertz CT molecular complexity index is 1300. The normalized spacial score (nSPS) is 17.7. The van der Waals surface area contributed by atoms with Gasteiger partial charge in [0.25, 0.3) is 0 Å². The second-order valence-electron chi connectivity index (χ2n) is 9.53. The minimum absolute atomic E-state index is 0.114. The monoisotopic (exact) mass is 520 g/mol. The van der Waals surface area contributed by atoms with Gasteiger partial charge in [-0.1, -0.05) is 23.4 Å². The number of pyridine rings is 1. The number of halogens is 1. The molecule has 0 bridgehead atoms. The van der Waals surface area contributed by atoms with Crippen LogP contribution in [0.1, 0.15) is 36.8 Å². The van der Waals surface area contributed by atoms with Crippen LogP contribution in [0.15, 0.2) is 48.7 Å². The van der Waals surface area contributed by atoms with Crippen LogP contribution in [-0.2, 0) is 11.2 Å². The van der Waals surface area contributed by atoms with E-state index in [1.165, 1.54) is 5.56 Å². The molecule has 0 radical (unpaired) electrons. The lowest BCUT2D eigenvalue weighted by molar-refractivity contribution is -0.139. The van der Waals surface area contributed by atoms with Gasteiger partial charge in [0, 0.05) is 29.6 Å². The number of methoxy groups -OCH3 is 2. The third kappa shape index (κ3) is 7.15. The van der Waals surface area contributed by atoms with Crippen molar-refractivity contribution in [3.8, 4) is 23.3 Å². The molecule has 1 saturated heterocycles. The molecule has 37 heavy (non-hydrogen) atoms. The minimum atomic E-state index is -0.737. The number of likely N-dealkylation sites (tertiary alicyclic amines) is 1. The number of aromatic nitrogens is 1. The van der Waals surface area contributed by atoms with Crippen LogP contribution in [0.25, 0.3) is 10.9 Å². The quantitative estimate of drug-likeness (QED) is 0.365. The predicted molar refractivity (Wildman–Crippen MR) is 146 cm³/mol. The molecule has 0 unspecified atom stereocenters. The van der Waals surface area contributed by atoms with Crippen molar-refractivity contribution in [1.29, 1.82) is 0 Å². The molecule has 7 heteroatoms. The highest BCUT2D eigenvalue weighted by atomic mass is 35.5. The van der Waals surface area contributed by atoms with Crippen LogP contribution in [0.2, 0.25) is 5.02 Å². The van der Waals surface area contributed by atoms with E-state index in [4.69, 9.17) is 21.1 Å². The molecule has 6 nitrogen and oxygen atoms in total. The maximum atomic E-state index is 11.6. The Kier molecular flexibility index (Phi) is 9.27. The first kappa shape index (κ1) is 26.8. The molecule has 1 aliphatic rings. The van der Waals surface area contributed by atoms with Crippen molar-refractivity contribution in [3.63, 3.8) is 0 Å². The van der Waals surface area contributed by atoms with Crippen LogP contribution < -0.4 is 9.47 Å².